The molecule has 0 aromatic heterocycles. The lowest BCUT2D eigenvalue weighted by molar-refractivity contribution is 0.00461. The summed E-state index contributed by atoms with van der Waals surface area (Å²) in [5.41, 5.74) is 1.40. The van der Waals surface area contributed by atoms with Gasteiger partial charge in [0.1, 0.15) is 12.4 Å². The molecule has 0 saturated carbocycles. The molecule has 0 amide bonds. The van der Waals surface area contributed by atoms with Crippen LogP contribution >= 0.6 is 0 Å². The number of hydrogen-bond donors (Lipinski definition) is 0. The zero-order chi connectivity index (χ0) is 23.3. The zero-order valence-electron chi connectivity index (χ0n) is 21.2. The first-order valence-electron chi connectivity index (χ1n) is 12.6. The lowest BCUT2D eigenvalue weighted by Crippen LogP contribution is -2.27. The third kappa shape index (κ3) is 18.6. The number of ether oxygens (including phenoxy) is 4. The van der Waals surface area contributed by atoms with E-state index in [-0.39, 0.29) is 0 Å². The van der Waals surface area contributed by atoms with Gasteiger partial charge in [0, 0.05) is 0 Å². The third-order valence-electron chi connectivity index (χ3n) is 5.00. The van der Waals surface area contributed by atoms with Crippen LogP contribution in [-0.4, -0.2) is 61.2 Å². The Morgan fingerprint density at radius 1 is 0.594 bits per heavy atom. The lowest BCUT2D eigenvalue weighted by atomic mass is 10.0. The summed E-state index contributed by atoms with van der Waals surface area (Å²) in [7, 11) is -1.43. The molecule has 0 saturated heterocycles. The largest absolute Gasteiger partial charge is 0.491 e. The van der Waals surface area contributed by atoms with Crippen LogP contribution in [0.5, 0.6) is 5.75 Å². The maximum Gasteiger partial charge on any atom is 0.183 e. The first-order valence-corrected chi connectivity index (χ1v) is 16.0. The third-order valence-corrected chi connectivity index (χ3v) is 6.07. The summed E-state index contributed by atoms with van der Waals surface area (Å²) in [4.78, 5) is 0. The van der Waals surface area contributed by atoms with Crippen molar-refractivity contribution >= 4 is 8.32 Å². The summed E-state index contributed by atoms with van der Waals surface area (Å²) in [5.74, 6) is 0.906. The van der Waals surface area contributed by atoms with Gasteiger partial charge in [-0.1, -0.05) is 57.6 Å². The predicted molar refractivity (Wildman–Crippen MR) is 135 cm³/mol. The van der Waals surface area contributed by atoms with E-state index in [9.17, 15) is 0 Å². The van der Waals surface area contributed by atoms with Gasteiger partial charge < -0.3 is 23.4 Å². The van der Waals surface area contributed by atoms with Gasteiger partial charge in [-0.05, 0) is 50.2 Å². The van der Waals surface area contributed by atoms with Crippen LogP contribution in [0.15, 0.2) is 24.3 Å². The fraction of sp³-hybridized carbons (Fsp3) is 0.769. The smallest absolute Gasteiger partial charge is 0.183 e. The van der Waals surface area contributed by atoms with Gasteiger partial charge in [0.25, 0.3) is 0 Å². The van der Waals surface area contributed by atoms with Gasteiger partial charge in [0.2, 0.25) is 0 Å². The second-order valence-electron chi connectivity index (χ2n) is 9.16. The van der Waals surface area contributed by atoms with Gasteiger partial charge in [-0.3, -0.25) is 0 Å². The minimum atomic E-state index is -1.43. The van der Waals surface area contributed by atoms with Gasteiger partial charge in [-0.15, -0.1) is 0 Å². The average Bonchev–Trinajstić information content (AvgIpc) is 2.76. The molecule has 0 N–H and O–H groups in total. The van der Waals surface area contributed by atoms with Crippen molar-refractivity contribution in [3.8, 4) is 5.75 Å². The van der Waals surface area contributed by atoms with Crippen molar-refractivity contribution in [2.24, 2.45) is 0 Å². The second-order valence-corrected chi connectivity index (χ2v) is 13.7. The van der Waals surface area contributed by atoms with Gasteiger partial charge in [0.05, 0.1) is 46.2 Å². The van der Waals surface area contributed by atoms with E-state index in [4.69, 9.17) is 23.4 Å². The van der Waals surface area contributed by atoms with E-state index < -0.39 is 8.32 Å². The molecule has 32 heavy (non-hydrogen) atoms. The second kappa shape index (κ2) is 19.5. The van der Waals surface area contributed by atoms with Gasteiger partial charge in [-0.2, -0.15) is 0 Å². The van der Waals surface area contributed by atoms with E-state index >= 15 is 0 Å². The highest BCUT2D eigenvalue weighted by molar-refractivity contribution is 6.69. The maximum absolute atomic E-state index is 5.75. The van der Waals surface area contributed by atoms with Crippen molar-refractivity contribution in [2.45, 2.75) is 77.9 Å². The molecule has 1 aromatic carbocycles. The number of hydrogen-bond acceptors (Lipinski definition) is 5. The number of benzene rings is 1. The molecule has 0 heterocycles. The molecule has 1 rings (SSSR count). The molecule has 0 aliphatic carbocycles. The van der Waals surface area contributed by atoms with Crippen LogP contribution in [0.2, 0.25) is 19.6 Å². The summed E-state index contributed by atoms with van der Waals surface area (Å²) >= 11 is 0. The lowest BCUT2D eigenvalue weighted by Gasteiger charge is -2.16. The van der Waals surface area contributed by atoms with Crippen LogP contribution in [-0.2, 0) is 25.1 Å². The van der Waals surface area contributed by atoms with E-state index in [0.29, 0.717) is 52.9 Å². The van der Waals surface area contributed by atoms with Crippen LogP contribution in [0.3, 0.4) is 0 Å². The van der Waals surface area contributed by atoms with E-state index in [1.165, 1.54) is 50.5 Å². The minimum absolute atomic E-state index is 0.553. The van der Waals surface area contributed by atoms with Crippen molar-refractivity contribution in [1.82, 2.24) is 0 Å². The zero-order valence-corrected chi connectivity index (χ0v) is 22.2. The first kappa shape index (κ1) is 29.1. The fourth-order valence-corrected chi connectivity index (χ4v) is 3.90. The molecule has 5 nitrogen and oxygen atoms in total. The Morgan fingerprint density at radius 3 is 1.66 bits per heavy atom. The van der Waals surface area contributed by atoms with Crippen LogP contribution in [0.25, 0.3) is 0 Å². The van der Waals surface area contributed by atoms with Gasteiger partial charge in [0.15, 0.2) is 8.32 Å². The van der Waals surface area contributed by atoms with Crippen molar-refractivity contribution < 1.29 is 23.4 Å². The average molecular weight is 469 g/mol. The normalized spacial score (nSPS) is 11.8. The molecule has 6 heteroatoms. The molecule has 186 valence electrons. The Morgan fingerprint density at radius 2 is 1.09 bits per heavy atom. The number of aryl methyl sites for hydroxylation is 1. The highest BCUT2D eigenvalue weighted by Gasteiger charge is 2.13. The molecule has 0 aliphatic rings. The fourth-order valence-electron chi connectivity index (χ4n) is 3.21. The molecule has 1 aromatic rings. The van der Waals surface area contributed by atoms with Gasteiger partial charge in [-0.25, -0.2) is 0 Å². The van der Waals surface area contributed by atoms with Crippen LogP contribution in [0.1, 0.15) is 57.4 Å². The van der Waals surface area contributed by atoms with Crippen molar-refractivity contribution in [3.05, 3.63) is 29.8 Å². The number of unbranched alkanes of at least 4 members (excludes halogenated alkanes) is 6. The molecule has 0 radical (unpaired) electrons. The minimum Gasteiger partial charge on any atom is -0.491 e. The van der Waals surface area contributed by atoms with Crippen molar-refractivity contribution in [2.75, 3.05) is 52.9 Å². The first-order chi connectivity index (χ1) is 15.5. The summed E-state index contributed by atoms with van der Waals surface area (Å²) in [6, 6.07) is 8.49. The Bertz CT molecular complexity index is 530. The molecule has 0 atom stereocenters. The topological polar surface area (TPSA) is 46.2 Å². The summed E-state index contributed by atoms with van der Waals surface area (Å²) < 4.78 is 28.0. The molecule has 0 unspecified atom stereocenters. The summed E-state index contributed by atoms with van der Waals surface area (Å²) in [6.07, 6.45) is 10.6. The van der Waals surface area contributed by atoms with E-state index in [1.807, 2.05) is 0 Å². The SMILES string of the molecule is CCCCCCCCCc1ccc(OCCOCCOCCOCCO[Si](C)(C)C)cc1. The quantitative estimate of drug-likeness (QED) is 0.148. The predicted octanol–water partition coefficient (Wildman–Crippen LogP) is 6.26. The van der Waals surface area contributed by atoms with E-state index in [2.05, 4.69) is 50.8 Å². The Hall–Kier alpha value is -0.923. The van der Waals surface area contributed by atoms with Crippen LogP contribution < -0.4 is 4.74 Å². The Kier molecular flexibility index (Phi) is 17.8. The molecule has 0 bridgehead atoms. The van der Waals surface area contributed by atoms with Crippen LogP contribution in [0.4, 0.5) is 0 Å². The molecule has 0 spiro atoms. The summed E-state index contributed by atoms with van der Waals surface area (Å²) in [5, 5.41) is 0. The van der Waals surface area contributed by atoms with Crippen molar-refractivity contribution in [3.63, 3.8) is 0 Å². The molecule has 0 aliphatic heterocycles. The Balaban J connectivity index is 1.89. The van der Waals surface area contributed by atoms with Gasteiger partial charge >= 0.3 is 0 Å². The number of rotatable bonds is 22. The highest BCUT2D eigenvalue weighted by atomic mass is 28.4. The molecule has 0 fully saturated rings. The van der Waals surface area contributed by atoms with Crippen molar-refractivity contribution in [1.29, 1.82) is 0 Å². The summed E-state index contributed by atoms with van der Waals surface area (Å²) in [6.45, 7) is 13.5. The molecular formula is C26H48O5Si. The van der Waals surface area contributed by atoms with Crippen LogP contribution in [0, 0.1) is 0 Å². The maximum atomic E-state index is 5.75. The Labute approximate surface area is 198 Å². The van der Waals surface area contributed by atoms with E-state index in [1.54, 1.807) is 0 Å². The van der Waals surface area contributed by atoms with E-state index in [0.717, 1.165) is 12.2 Å². The monoisotopic (exact) mass is 468 g/mol. The molecular weight excluding hydrogens is 420 g/mol. The standard InChI is InChI=1S/C26H48O5Si/c1-5-6-7-8-9-10-11-12-25-13-15-26(16-14-25)30-23-21-28-19-17-27-18-20-29-22-24-31-32(2,3)4/h13-16H,5-12,17-24H2,1-4H3. The highest BCUT2D eigenvalue weighted by Crippen LogP contribution is 2.15.